The van der Waals surface area contributed by atoms with Crippen molar-refractivity contribution in [2.75, 3.05) is 5.73 Å². The maximum atomic E-state index is 13.3. The molecule has 2 aromatic rings. The number of para-hydroxylation sites is 1. The minimum atomic E-state index is -0.948. The summed E-state index contributed by atoms with van der Waals surface area (Å²) in [6, 6.07) is 7.02. The highest BCUT2D eigenvalue weighted by atomic mass is 19.1. The smallest absolute Gasteiger partial charge is 0.165 e. The van der Waals surface area contributed by atoms with Gasteiger partial charge in [-0.3, -0.25) is 0 Å². The number of hydrogen-bond acceptors (Lipinski definition) is 2. The van der Waals surface area contributed by atoms with Crippen molar-refractivity contribution in [3.05, 3.63) is 53.8 Å². The Labute approximate surface area is 95.4 Å². The van der Waals surface area contributed by atoms with Crippen molar-refractivity contribution in [2.45, 2.75) is 0 Å². The second-order valence-corrected chi connectivity index (χ2v) is 3.33. The Kier molecular flexibility index (Phi) is 2.91. The van der Waals surface area contributed by atoms with Crippen LogP contribution in [-0.4, -0.2) is 0 Å². The van der Waals surface area contributed by atoms with Crippen LogP contribution in [0.15, 0.2) is 36.4 Å². The van der Waals surface area contributed by atoms with Crippen molar-refractivity contribution in [1.82, 2.24) is 0 Å². The molecule has 0 radical (unpaired) electrons. The van der Waals surface area contributed by atoms with E-state index in [1.807, 2.05) is 0 Å². The van der Waals surface area contributed by atoms with Gasteiger partial charge in [0.05, 0.1) is 0 Å². The fraction of sp³-hybridized carbons (Fsp3) is 0. The van der Waals surface area contributed by atoms with Crippen molar-refractivity contribution in [3.8, 4) is 11.5 Å². The lowest BCUT2D eigenvalue weighted by Gasteiger charge is -2.09. The van der Waals surface area contributed by atoms with Crippen LogP contribution in [0.1, 0.15) is 0 Å². The highest BCUT2D eigenvalue weighted by molar-refractivity contribution is 5.55. The van der Waals surface area contributed by atoms with Gasteiger partial charge in [-0.15, -0.1) is 0 Å². The van der Waals surface area contributed by atoms with Gasteiger partial charge in [-0.2, -0.15) is 0 Å². The summed E-state index contributed by atoms with van der Waals surface area (Å²) in [6.45, 7) is 0. The monoisotopic (exact) mass is 239 g/mol. The SMILES string of the molecule is Nc1c(F)cc(F)cc1Oc1ccccc1F. The zero-order valence-electron chi connectivity index (χ0n) is 8.58. The number of anilines is 1. The summed E-state index contributed by atoms with van der Waals surface area (Å²) in [5, 5.41) is 0. The summed E-state index contributed by atoms with van der Waals surface area (Å²) in [6.07, 6.45) is 0. The fourth-order valence-corrected chi connectivity index (χ4v) is 1.29. The molecule has 5 heteroatoms. The lowest BCUT2D eigenvalue weighted by Crippen LogP contribution is -1.98. The molecule has 2 N–H and O–H groups in total. The Bertz CT molecular complexity index is 557. The van der Waals surface area contributed by atoms with Crippen LogP contribution in [-0.2, 0) is 0 Å². The summed E-state index contributed by atoms with van der Waals surface area (Å²) < 4.78 is 44.3. The fourth-order valence-electron chi connectivity index (χ4n) is 1.29. The van der Waals surface area contributed by atoms with Gasteiger partial charge in [-0.1, -0.05) is 12.1 Å². The standard InChI is InChI=1S/C12H8F3NO/c13-7-5-9(15)12(16)11(6-7)17-10-4-2-1-3-8(10)14/h1-6H,16H2. The van der Waals surface area contributed by atoms with Gasteiger partial charge in [-0.05, 0) is 12.1 Å². The number of rotatable bonds is 2. The van der Waals surface area contributed by atoms with Crippen molar-refractivity contribution in [1.29, 1.82) is 0 Å². The Morgan fingerprint density at radius 3 is 2.29 bits per heavy atom. The summed E-state index contributed by atoms with van der Waals surface area (Å²) >= 11 is 0. The van der Waals surface area contributed by atoms with E-state index in [2.05, 4.69) is 0 Å². The highest BCUT2D eigenvalue weighted by Crippen LogP contribution is 2.31. The molecule has 0 saturated heterocycles. The first-order valence-electron chi connectivity index (χ1n) is 4.75. The normalized spacial score (nSPS) is 10.3. The van der Waals surface area contributed by atoms with Crippen LogP contribution < -0.4 is 10.5 Å². The van der Waals surface area contributed by atoms with Gasteiger partial charge >= 0.3 is 0 Å². The lowest BCUT2D eigenvalue weighted by molar-refractivity contribution is 0.437. The molecule has 0 saturated carbocycles. The van der Waals surface area contributed by atoms with Crippen LogP contribution in [0.2, 0.25) is 0 Å². The van der Waals surface area contributed by atoms with E-state index in [-0.39, 0.29) is 17.2 Å². The number of nitrogens with two attached hydrogens (primary N) is 1. The maximum absolute atomic E-state index is 13.3. The summed E-state index contributed by atoms with van der Waals surface area (Å²) in [5.41, 5.74) is 4.99. The summed E-state index contributed by atoms with van der Waals surface area (Å²) in [4.78, 5) is 0. The second-order valence-electron chi connectivity index (χ2n) is 3.33. The molecule has 0 spiro atoms. The largest absolute Gasteiger partial charge is 0.452 e. The molecule has 0 aliphatic carbocycles. The molecule has 0 unspecified atom stereocenters. The topological polar surface area (TPSA) is 35.2 Å². The molecule has 88 valence electrons. The Morgan fingerprint density at radius 1 is 0.882 bits per heavy atom. The van der Waals surface area contributed by atoms with Gasteiger partial charge in [0, 0.05) is 12.1 Å². The van der Waals surface area contributed by atoms with E-state index in [9.17, 15) is 13.2 Å². The van der Waals surface area contributed by atoms with E-state index in [1.54, 1.807) is 0 Å². The van der Waals surface area contributed by atoms with Crippen LogP contribution in [0.25, 0.3) is 0 Å². The Balaban J connectivity index is 2.40. The maximum Gasteiger partial charge on any atom is 0.165 e. The Morgan fingerprint density at radius 2 is 1.59 bits per heavy atom. The molecular formula is C12H8F3NO. The van der Waals surface area contributed by atoms with Gasteiger partial charge < -0.3 is 10.5 Å². The summed E-state index contributed by atoms with van der Waals surface area (Å²) in [7, 11) is 0. The average Bonchev–Trinajstić information content (AvgIpc) is 2.28. The first kappa shape index (κ1) is 11.3. The van der Waals surface area contributed by atoms with E-state index in [0.717, 1.165) is 6.07 Å². The number of nitrogen functional groups attached to an aromatic ring is 1. The molecule has 2 aromatic carbocycles. The van der Waals surface area contributed by atoms with Gasteiger partial charge in [0.15, 0.2) is 23.1 Å². The quantitative estimate of drug-likeness (QED) is 0.814. The van der Waals surface area contributed by atoms with Crippen molar-refractivity contribution >= 4 is 5.69 Å². The number of benzene rings is 2. The molecule has 0 aliphatic heterocycles. The molecule has 0 aliphatic rings. The highest BCUT2D eigenvalue weighted by Gasteiger charge is 2.12. The molecule has 0 amide bonds. The minimum absolute atomic E-state index is 0.149. The molecule has 0 fully saturated rings. The molecule has 0 heterocycles. The van der Waals surface area contributed by atoms with E-state index >= 15 is 0 Å². The van der Waals surface area contributed by atoms with Gasteiger partial charge in [0.1, 0.15) is 11.5 Å². The van der Waals surface area contributed by atoms with Crippen LogP contribution in [0, 0.1) is 17.5 Å². The van der Waals surface area contributed by atoms with Crippen LogP contribution >= 0.6 is 0 Å². The Hall–Kier alpha value is -2.17. The zero-order valence-corrected chi connectivity index (χ0v) is 8.58. The van der Waals surface area contributed by atoms with Crippen molar-refractivity contribution < 1.29 is 17.9 Å². The molecule has 0 aromatic heterocycles. The van der Waals surface area contributed by atoms with E-state index < -0.39 is 17.5 Å². The van der Waals surface area contributed by atoms with Crippen molar-refractivity contribution in [3.63, 3.8) is 0 Å². The molecule has 17 heavy (non-hydrogen) atoms. The third-order valence-corrected chi connectivity index (χ3v) is 2.11. The summed E-state index contributed by atoms with van der Waals surface area (Å²) in [5.74, 6) is -2.84. The zero-order chi connectivity index (χ0) is 12.4. The van der Waals surface area contributed by atoms with Crippen LogP contribution in [0.3, 0.4) is 0 Å². The third kappa shape index (κ3) is 2.33. The predicted octanol–water partition coefficient (Wildman–Crippen LogP) is 3.48. The number of halogens is 3. The first-order valence-corrected chi connectivity index (χ1v) is 4.75. The third-order valence-electron chi connectivity index (χ3n) is 2.11. The number of hydrogen-bond donors (Lipinski definition) is 1. The van der Waals surface area contributed by atoms with Crippen LogP contribution in [0.4, 0.5) is 18.9 Å². The molecule has 0 bridgehead atoms. The van der Waals surface area contributed by atoms with Crippen LogP contribution in [0.5, 0.6) is 11.5 Å². The molecule has 2 nitrogen and oxygen atoms in total. The molecule has 2 rings (SSSR count). The second kappa shape index (κ2) is 4.37. The minimum Gasteiger partial charge on any atom is -0.452 e. The lowest BCUT2D eigenvalue weighted by atomic mass is 10.2. The number of ether oxygens (including phenoxy) is 1. The van der Waals surface area contributed by atoms with E-state index in [1.165, 1.54) is 24.3 Å². The molecular weight excluding hydrogens is 231 g/mol. The first-order chi connectivity index (χ1) is 8.08. The predicted molar refractivity (Wildman–Crippen MR) is 57.2 cm³/mol. The van der Waals surface area contributed by atoms with Crippen molar-refractivity contribution in [2.24, 2.45) is 0 Å². The molecule has 0 atom stereocenters. The van der Waals surface area contributed by atoms with Gasteiger partial charge in [0.25, 0.3) is 0 Å². The average molecular weight is 239 g/mol. The van der Waals surface area contributed by atoms with E-state index in [0.29, 0.717) is 6.07 Å². The van der Waals surface area contributed by atoms with Gasteiger partial charge in [0.2, 0.25) is 0 Å². The van der Waals surface area contributed by atoms with Gasteiger partial charge in [-0.25, -0.2) is 13.2 Å². The van der Waals surface area contributed by atoms with E-state index in [4.69, 9.17) is 10.5 Å².